The molecule has 69 valence electrons. The summed E-state index contributed by atoms with van der Waals surface area (Å²) in [6.07, 6.45) is 0. The highest BCUT2D eigenvalue weighted by atomic mass is 32.1. The van der Waals surface area contributed by atoms with Gasteiger partial charge in [-0.05, 0) is 36.2 Å². The van der Waals surface area contributed by atoms with E-state index in [0.29, 0.717) is 0 Å². The number of aryl methyl sites for hydroxylation is 1. The van der Waals surface area contributed by atoms with Gasteiger partial charge >= 0.3 is 0 Å². The molecular weight excluding hydrogens is 207 g/mol. The maximum absolute atomic E-state index is 4.95. The molecule has 1 aromatic heterocycles. The Morgan fingerprint density at radius 2 is 1.93 bits per heavy atom. The van der Waals surface area contributed by atoms with E-state index in [2.05, 4.69) is 43.5 Å². The van der Waals surface area contributed by atoms with Crippen molar-refractivity contribution >= 4 is 36.3 Å². The Balaban J connectivity index is 2.96. The van der Waals surface area contributed by atoms with Crippen molar-refractivity contribution in [3.05, 3.63) is 40.7 Å². The SMILES string of the molecule is Cc1pc2ccccc2c([C]=S)c1C. The van der Waals surface area contributed by atoms with Crippen LogP contribution in [0.25, 0.3) is 10.5 Å². The van der Waals surface area contributed by atoms with Crippen LogP contribution in [0, 0.1) is 13.8 Å². The predicted octanol–water partition coefficient (Wildman–Crippen LogP) is 4.26. The summed E-state index contributed by atoms with van der Waals surface area (Å²) in [7, 11) is 1.30. The zero-order valence-corrected chi connectivity index (χ0v) is 9.88. The van der Waals surface area contributed by atoms with Crippen molar-refractivity contribution in [1.29, 1.82) is 0 Å². The fourth-order valence-electron chi connectivity index (χ4n) is 1.56. The molecule has 0 spiro atoms. The van der Waals surface area contributed by atoms with E-state index in [1.54, 1.807) is 0 Å². The molecule has 14 heavy (non-hydrogen) atoms. The zero-order chi connectivity index (χ0) is 10.1. The van der Waals surface area contributed by atoms with Gasteiger partial charge in [-0.3, -0.25) is 0 Å². The Kier molecular flexibility index (Phi) is 2.62. The third-order valence-corrected chi connectivity index (χ3v) is 3.99. The minimum atomic E-state index is 1.09. The smallest absolute Gasteiger partial charge is 0.0645 e. The maximum atomic E-state index is 4.95. The molecular formula is C12H10PS. The highest BCUT2D eigenvalue weighted by Crippen LogP contribution is 2.32. The largest absolute Gasteiger partial charge is 0.0778 e. The Bertz CT molecular complexity index is 503. The molecule has 0 N–H and O–H groups in total. The van der Waals surface area contributed by atoms with Crippen LogP contribution in [0.5, 0.6) is 0 Å². The average molecular weight is 217 g/mol. The van der Waals surface area contributed by atoms with E-state index in [1.165, 1.54) is 29.6 Å². The van der Waals surface area contributed by atoms with Crippen LogP contribution >= 0.6 is 20.4 Å². The molecule has 1 aromatic carbocycles. The van der Waals surface area contributed by atoms with E-state index in [4.69, 9.17) is 12.2 Å². The van der Waals surface area contributed by atoms with E-state index in [0.717, 1.165) is 5.56 Å². The van der Waals surface area contributed by atoms with Gasteiger partial charge in [0.2, 0.25) is 0 Å². The average Bonchev–Trinajstić information content (AvgIpc) is 2.20. The summed E-state index contributed by atoms with van der Waals surface area (Å²) >= 11 is 4.95. The van der Waals surface area contributed by atoms with Crippen molar-refractivity contribution in [2.75, 3.05) is 0 Å². The summed E-state index contributed by atoms with van der Waals surface area (Å²) in [6, 6.07) is 8.39. The summed E-state index contributed by atoms with van der Waals surface area (Å²) in [4.78, 5) is 0. The van der Waals surface area contributed by atoms with Crippen LogP contribution in [0.15, 0.2) is 24.3 Å². The third kappa shape index (κ3) is 1.47. The summed E-state index contributed by atoms with van der Waals surface area (Å²) in [6.45, 7) is 4.27. The normalized spacial score (nSPS) is 11.0. The molecule has 0 saturated heterocycles. The van der Waals surface area contributed by atoms with Gasteiger partial charge in [0.25, 0.3) is 0 Å². The van der Waals surface area contributed by atoms with Gasteiger partial charge < -0.3 is 0 Å². The van der Waals surface area contributed by atoms with Crippen molar-refractivity contribution in [1.82, 2.24) is 0 Å². The second-order valence-corrected chi connectivity index (χ2v) is 4.90. The lowest BCUT2D eigenvalue weighted by molar-refractivity contribution is 1.42. The molecule has 0 aliphatic rings. The molecule has 0 bridgehead atoms. The minimum absolute atomic E-state index is 1.09. The van der Waals surface area contributed by atoms with Crippen molar-refractivity contribution in [2.45, 2.75) is 13.8 Å². The van der Waals surface area contributed by atoms with E-state index >= 15 is 0 Å². The van der Waals surface area contributed by atoms with Gasteiger partial charge in [-0.1, -0.05) is 38.6 Å². The predicted molar refractivity (Wildman–Crippen MR) is 67.6 cm³/mol. The Labute approximate surface area is 91.1 Å². The van der Waals surface area contributed by atoms with E-state index in [9.17, 15) is 0 Å². The first-order valence-corrected chi connectivity index (χ1v) is 5.78. The highest BCUT2D eigenvalue weighted by molar-refractivity contribution is 7.79. The number of thiocarbonyl (C=S) groups is 1. The fraction of sp³-hybridized carbons (Fsp3) is 0.167. The van der Waals surface area contributed by atoms with E-state index in [1.807, 2.05) is 0 Å². The van der Waals surface area contributed by atoms with Gasteiger partial charge in [-0.15, -0.1) is 0 Å². The Hall–Kier alpha value is -0.780. The van der Waals surface area contributed by atoms with Crippen LogP contribution in [-0.4, -0.2) is 5.37 Å². The van der Waals surface area contributed by atoms with Gasteiger partial charge in [0.1, 0.15) is 0 Å². The quantitative estimate of drug-likeness (QED) is 0.643. The number of rotatable bonds is 1. The van der Waals surface area contributed by atoms with Crippen LogP contribution < -0.4 is 0 Å². The lowest BCUT2D eigenvalue weighted by Crippen LogP contribution is -1.88. The minimum Gasteiger partial charge on any atom is -0.0778 e. The molecule has 0 aliphatic carbocycles. The highest BCUT2D eigenvalue weighted by Gasteiger charge is 2.05. The molecule has 0 saturated carbocycles. The fourth-order valence-corrected chi connectivity index (χ4v) is 2.93. The zero-order valence-electron chi connectivity index (χ0n) is 8.16. The topological polar surface area (TPSA) is 0 Å². The Morgan fingerprint density at radius 3 is 2.64 bits per heavy atom. The molecule has 2 heteroatoms. The number of benzene rings is 1. The summed E-state index contributed by atoms with van der Waals surface area (Å²) in [5, 5.41) is 6.83. The summed E-state index contributed by atoms with van der Waals surface area (Å²) in [5.74, 6) is 0. The molecule has 1 heterocycles. The van der Waals surface area contributed by atoms with Gasteiger partial charge in [0.15, 0.2) is 0 Å². The molecule has 0 fully saturated rings. The van der Waals surface area contributed by atoms with Crippen LogP contribution in [0.2, 0.25) is 0 Å². The molecule has 1 radical (unpaired) electrons. The monoisotopic (exact) mass is 217 g/mol. The molecule has 2 aromatic rings. The first kappa shape index (κ1) is 9.76. The number of hydrogen-bond donors (Lipinski definition) is 0. The van der Waals surface area contributed by atoms with Crippen molar-refractivity contribution in [2.24, 2.45) is 0 Å². The summed E-state index contributed by atoms with van der Waals surface area (Å²) < 4.78 is 0. The maximum Gasteiger partial charge on any atom is 0.0645 e. The second kappa shape index (κ2) is 3.76. The number of fused-ring (bicyclic) bond motifs is 1. The first-order chi connectivity index (χ1) is 6.74. The molecule has 0 nitrogen and oxygen atoms in total. The molecule has 0 atom stereocenters. The lowest BCUT2D eigenvalue weighted by atomic mass is 10.1. The summed E-state index contributed by atoms with van der Waals surface area (Å²) in [5.41, 5.74) is 2.37. The second-order valence-electron chi connectivity index (χ2n) is 3.32. The van der Waals surface area contributed by atoms with Gasteiger partial charge in [0, 0.05) is 10.7 Å². The van der Waals surface area contributed by atoms with Gasteiger partial charge in [0.05, 0.1) is 5.37 Å². The van der Waals surface area contributed by atoms with Crippen molar-refractivity contribution in [3.63, 3.8) is 0 Å². The van der Waals surface area contributed by atoms with E-state index in [-0.39, 0.29) is 0 Å². The lowest BCUT2D eigenvalue weighted by Gasteiger charge is -2.07. The molecule has 0 aliphatic heterocycles. The van der Waals surface area contributed by atoms with Gasteiger partial charge in [-0.25, -0.2) is 0 Å². The third-order valence-electron chi connectivity index (χ3n) is 2.48. The van der Waals surface area contributed by atoms with Crippen molar-refractivity contribution in [3.8, 4) is 0 Å². The molecule has 2 rings (SSSR count). The molecule has 0 unspecified atom stereocenters. The van der Waals surface area contributed by atoms with Crippen molar-refractivity contribution < 1.29 is 0 Å². The van der Waals surface area contributed by atoms with Crippen LogP contribution in [0.3, 0.4) is 0 Å². The molecule has 0 amide bonds. The Morgan fingerprint density at radius 1 is 1.21 bits per heavy atom. The van der Waals surface area contributed by atoms with Crippen LogP contribution in [-0.2, 0) is 0 Å². The van der Waals surface area contributed by atoms with Crippen LogP contribution in [0.1, 0.15) is 16.4 Å². The van der Waals surface area contributed by atoms with Gasteiger partial charge in [-0.2, -0.15) is 0 Å². The van der Waals surface area contributed by atoms with Crippen LogP contribution in [0.4, 0.5) is 0 Å². The number of hydrogen-bond acceptors (Lipinski definition) is 1. The first-order valence-electron chi connectivity index (χ1n) is 4.48. The standard InChI is InChI=1S/C12H10PS/c1-8-9(2)13-12-6-4-3-5-10(12)11(8)7-14/h3-6H,1-2H3. The van der Waals surface area contributed by atoms with E-state index < -0.39 is 0 Å².